The van der Waals surface area contributed by atoms with Gasteiger partial charge < -0.3 is 15.2 Å². The zero-order valence-electron chi connectivity index (χ0n) is 17.2. The lowest BCUT2D eigenvalue weighted by Gasteiger charge is -2.13. The molecule has 0 atom stereocenters. The molecule has 0 aliphatic carbocycles. The highest BCUT2D eigenvalue weighted by Gasteiger charge is 2.16. The number of amides is 2. The van der Waals surface area contributed by atoms with Crippen LogP contribution in [0.2, 0.25) is 0 Å². The number of aromatic nitrogens is 1. The number of benzene rings is 3. The van der Waals surface area contributed by atoms with Gasteiger partial charge in [-0.2, -0.15) is 0 Å². The zero-order chi connectivity index (χ0) is 21.8. The second-order valence-corrected chi connectivity index (χ2v) is 7.15. The first-order chi connectivity index (χ1) is 15.0. The van der Waals surface area contributed by atoms with Crippen molar-refractivity contribution in [2.24, 2.45) is 0 Å². The number of hydrogen-bond donors (Lipinski definition) is 2. The number of hydrogen-bond acceptors (Lipinski definition) is 4. The Morgan fingerprint density at radius 1 is 0.806 bits per heavy atom. The average molecular weight is 411 g/mol. The van der Waals surface area contributed by atoms with Crippen molar-refractivity contribution in [3.8, 4) is 11.1 Å². The summed E-state index contributed by atoms with van der Waals surface area (Å²) in [5, 5.41) is 9.43. The maximum absolute atomic E-state index is 13.0. The van der Waals surface area contributed by atoms with Crippen molar-refractivity contribution < 1.29 is 14.1 Å². The monoisotopic (exact) mass is 411 g/mol. The molecule has 2 N–H and O–H groups in total. The Kier molecular flexibility index (Phi) is 5.62. The number of anilines is 2. The minimum absolute atomic E-state index is 0.226. The second kappa shape index (κ2) is 8.67. The number of nitrogens with one attached hydrogen (secondary N) is 2. The van der Waals surface area contributed by atoms with Gasteiger partial charge in [-0.05, 0) is 48.7 Å². The minimum Gasteiger partial charge on any atom is -0.361 e. The van der Waals surface area contributed by atoms with Gasteiger partial charge in [-0.25, -0.2) is 0 Å². The maximum Gasteiger partial charge on any atom is 0.260 e. The molecule has 0 fully saturated rings. The number of nitrogens with zero attached hydrogens (tertiary/aromatic N) is 1. The first-order valence-corrected chi connectivity index (χ1v) is 9.82. The summed E-state index contributed by atoms with van der Waals surface area (Å²) >= 11 is 0. The Labute approximate surface area is 179 Å². The van der Waals surface area contributed by atoms with Crippen molar-refractivity contribution in [2.45, 2.75) is 13.8 Å². The summed E-state index contributed by atoms with van der Waals surface area (Å²) in [4.78, 5) is 25.5. The van der Waals surface area contributed by atoms with Crippen LogP contribution in [0.1, 0.15) is 32.0 Å². The molecule has 0 aliphatic rings. The number of aryl methyl sites for hydroxylation is 2. The number of rotatable bonds is 5. The Bertz CT molecular complexity index is 1250. The van der Waals surface area contributed by atoms with E-state index in [0.29, 0.717) is 28.3 Å². The van der Waals surface area contributed by atoms with Crippen LogP contribution in [0.5, 0.6) is 0 Å². The molecule has 0 aliphatic heterocycles. The Morgan fingerprint density at radius 2 is 1.52 bits per heavy atom. The van der Waals surface area contributed by atoms with E-state index in [2.05, 4.69) is 15.8 Å². The normalized spacial score (nSPS) is 10.5. The van der Waals surface area contributed by atoms with Gasteiger partial charge in [-0.15, -0.1) is 0 Å². The molecule has 0 bridgehead atoms. The third-order valence-electron chi connectivity index (χ3n) is 5.00. The van der Waals surface area contributed by atoms with E-state index in [9.17, 15) is 9.59 Å². The molecule has 6 heteroatoms. The topological polar surface area (TPSA) is 84.2 Å². The van der Waals surface area contributed by atoms with Crippen LogP contribution in [0.25, 0.3) is 11.1 Å². The lowest BCUT2D eigenvalue weighted by Crippen LogP contribution is -2.15. The van der Waals surface area contributed by atoms with Gasteiger partial charge in [0.25, 0.3) is 11.8 Å². The van der Waals surface area contributed by atoms with Crippen molar-refractivity contribution in [3.63, 3.8) is 0 Å². The van der Waals surface area contributed by atoms with E-state index in [1.165, 1.54) is 6.20 Å². The molecule has 0 spiro atoms. The van der Waals surface area contributed by atoms with Crippen LogP contribution in [-0.2, 0) is 0 Å². The molecule has 154 valence electrons. The third-order valence-corrected chi connectivity index (χ3v) is 5.00. The van der Waals surface area contributed by atoms with E-state index in [1.54, 1.807) is 25.1 Å². The van der Waals surface area contributed by atoms with Crippen LogP contribution in [0.3, 0.4) is 0 Å². The molecule has 31 heavy (non-hydrogen) atoms. The summed E-state index contributed by atoms with van der Waals surface area (Å²) in [5.74, 6) is -0.104. The van der Waals surface area contributed by atoms with E-state index in [1.807, 2.05) is 61.5 Å². The first kappa shape index (κ1) is 20.1. The van der Waals surface area contributed by atoms with Gasteiger partial charge in [-0.3, -0.25) is 9.59 Å². The molecule has 2 amide bonds. The lowest BCUT2D eigenvalue weighted by atomic mass is 9.99. The molecule has 4 rings (SSSR count). The van der Waals surface area contributed by atoms with Crippen LogP contribution in [0.4, 0.5) is 11.4 Å². The Morgan fingerprint density at radius 3 is 2.26 bits per heavy atom. The predicted octanol–water partition coefficient (Wildman–Crippen LogP) is 5.46. The highest BCUT2D eigenvalue weighted by atomic mass is 16.5. The number of carbonyl (C=O) groups excluding carboxylic acids is 2. The van der Waals surface area contributed by atoms with Crippen molar-refractivity contribution in [3.05, 3.63) is 101 Å². The minimum atomic E-state index is -0.320. The summed E-state index contributed by atoms with van der Waals surface area (Å²) in [6.45, 7) is 3.56. The molecular formula is C25H21N3O3. The Balaban J connectivity index is 1.57. The molecule has 4 aromatic rings. The highest BCUT2D eigenvalue weighted by molar-refractivity contribution is 6.09. The van der Waals surface area contributed by atoms with E-state index in [0.717, 1.165) is 16.7 Å². The third kappa shape index (κ3) is 4.38. The quantitative estimate of drug-likeness (QED) is 0.456. The smallest absolute Gasteiger partial charge is 0.260 e. The summed E-state index contributed by atoms with van der Waals surface area (Å²) in [6.07, 6.45) is 1.38. The van der Waals surface area contributed by atoms with E-state index >= 15 is 0 Å². The van der Waals surface area contributed by atoms with E-state index in [4.69, 9.17) is 4.52 Å². The maximum atomic E-state index is 13.0. The van der Waals surface area contributed by atoms with Gasteiger partial charge in [0.05, 0.1) is 6.20 Å². The molecule has 0 saturated carbocycles. The number of carbonyl (C=O) groups is 2. The first-order valence-electron chi connectivity index (χ1n) is 9.82. The standard InChI is InChI=1S/C25H21N3O3/c1-16-12-13-19(14-23(16)28-25(30)22-15-26-31-17(22)2)27-24(29)21-11-7-6-10-20(21)18-8-4-3-5-9-18/h3-15H,1-2H3,(H,27,29)(H,28,30). The molecule has 0 unspecified atom stereocenters. The predicted molar refractivity (Wildman–Crippen MR) is 120 cm³/mol. The highest BCUT2D eigenvalue weighted by Crippen LogP contribution is 2.26. The summed E-state index contributed by atoms with van der Waals surface area (Å²) < 4.78 is 4.96. The molecule has 6 nitrogen and oxygen atoms in total. The fourth-order valence-electron chi connectivity index (χ4n) is 3.29. The van der Waals surface area contributed by atoms with Crippen molar-refractivity contribution in [1.29, 1.82) is 0 Å². The molecule has 0 radical (unpaired) electrons. The molecular weight excluding hydrogens is 390 g/mol. The van der Waals surface area contributed by atoms with Gasteiger partial charge >= 0.3 is 0 Å². The molecule has 0 saturated heterocycles. The van der Waals surface area contributed by atoms with Gasteiger partial charge in [0.1, 0.15) is 11.3 Å². The summed E-state index contributed by atoms with van der Waals surface area (Å²) in [7, 11) is 0. The molecule has 1 heterocycles. The average Bonchev–Trinajstić information content (AvgIpc) is 3.22. The Hall–Kier alpha value is -4.19. The second-order valence-electron chi connectivity index (χ2n) is 7.15. The van der Waals surface area contributed by atoms with Crippen molar-refractivity contribution in [1.82, 2.24) is 5.16 Å². The fraction of sp³-hybridized carbons (Fsp3) is 0.0800. The van der Waals surface area contributed by atoms with Crippen LogP contribution in [0.15, 0.2) is 83.5 Å². The summed E-state index contributed by atoms with van der Waals surface area (Å²) in [5.41, 5.74) is 4.80. The van der Waals surface area contributed by atoms with E-state index < -0.39 is 0 Å². The van der Waals surface area contributed by atoms with Crippen molar-refractivity contribution >= 4 is 23.2 Å². The van der Waals surface area contributed by atoms with E-state index in [-0.39, 0.29) is 11.8 Å². The molecule has 3 aromatic carbocycles. The van der Waals surface area contributed by atoms with Crippen molar-refractivity contribution in [2.75, 3.05) is 10.6 Å². The van der Waals surface area contributed by atoms with Gasteiger partial charge in [0.2, 0.25) is 0 Å². The lowest BCUT2D eigenvalue weighted by molar-refractivity contribution is 0.101. The van der Waals surface area contributed by atoms with Crippen LogP contribution >= 0.6 is 0 Å². The fourth-order valence-corrected chi connectivity index (χ4v) is 3.29. The van der Waals surface area contributed by atoms with Gasteiger partial charge in [-0.1, -0.05) is 59.8 Å². The van der Waals surface area contributed by atoms with Crippen LogP contribution in [-0.4, -0.2) is 17.0 Å². The van der Waals surface area contributed by atoms with Gasteiger partial charge in [0.15, 0.2) is 0 Å². The molecule has 1 aromatic heterocycles. The zero-order valence-corrected chi connectivity index (χ0v) is 17.2. The van der Waals surface area contributed by atoms with Crippen LogP contribution in [0, 0.1) is 13.8 Å². The summed E-state index contributed by atoms with van der Waals surface area (Å²) in [6, 6.07) is 22.6. The SMILES string of the molecule is Cc1ccc(NC(=O)c2ccccc2-c2ccccc2)cc1NC(=O)c1cnoc1C. The largest absolute Gasteiger partial charge is 0.361 e. The van der Waals surface area contributed by atoms with Gasteiger partial charge in [0, 0.05) is 16.9 Å². The van der Waals surface area contributed by atoms with Crippen LogP contribution < -0.4 is 10.6 Å².